The highest BCUT2D eigenvalue weighted by molar-refractivity contribution is 7.81. The van der Waals surface area contributed by atoms with Crippen LogP contribution in [0.2, 0.25) is 0 Å². The van der Waals surface area contributed by atoms with Crippen LogP contribution in [0.5, 0.6) is 0 Å². The Morgan fingerprint density at radius 3 is 2.75 bits per heavy atom. The topological polar surface area (TPSA) is 82.1 Å². The third-order valence-electron chi connectivity index (χ3n) is 1.76. The zero-order valence-corrected chi connectivity index (χ0v) is 9.04. The lowest BCUT2D eigenvalue weighted by atomic mass is 10.4. The summed E-state index contributed by atoms with van der Waals surface area (Å²) in [6.07, 6.45) is -1.13. The van der Waals surface area contributed by atoms with Crippen LogP contribution in [0.4, 0.5) is 8.78 Å². The van der Waals surface area contributed by atoms with Crippen molar-refractivity contribution in [2.45, 2.75) is 24.6 Å². The number of hydrogen-bond acceptors (Lipinski definition) is 5. The number of esters is 1. The van der Waals surface area contributed by atoms with E-state index in [1.165, 1.54) is 0 Å². The van der Waals surface area contributed by atoms with Gasteiger partial charge in [-0.05, 0) is 6.92 Å². The van der Waals surface area contributed by atoms with E-state index in [-0.39, 0.29) is 6.61 Å². The molecule has 1 aliphatic heterocycles. The second-order valence-corrected chi connectivity index (χ2v) is 4.03. The van der Waals surface area contributed by atoms with Crippen molar-refractivity contribution in [3.63, 3.8) is 0 Å². The van der Waals surface area contributed by atoms with Crippen LogP contribution in [0.15, 0.2) is 0 Å². The van der Waals surface area contributed by atoms with Crippen molar-refractivity contribution in [3.8, 4) is 0 Å². The molecule has 94 valence electrons. The first kappa shape index (κ1) is 13.4. The number of alkyl halides is 2. The van der Waals surface area contributed by atoms with Crippen molar-refractivity contribution >= 4 is 17.0 Å². The highest BCUT2D eigenvalue weighted by Crippen LogP contribution is 2.20. The SMILES string of the molecule is CC1OCC(COC(=O)C(F)(F)S(=O)O)O1. The van der Waals surface area contributed by atoms with Gasteiger partial charge in [0, 0.05) is 0 Å². The van der Waals surface area contributed by atoms with Gasteiger partial charge >= 0.3 is 11.2 Å². The molecule has 9 heteroatoms. The van der Waals surface area contributed by atoms with Crippen LogP contribution in [0.3, 0.4) is 0 Å². The summed E-state index contributed by atoms with van der Waals surface area (Å²) in [6, 6.07) is 0. The molecule has 1 N–H and O–H groups in total. The molecule has 3 atom stereocenters. The molecule has 0 radical (unpaired) electrons. The molecular formula is C7H10F2O6S. The lowest BCUT2D eigenvalue weighted by Crippen LogP contribution is -2.37. The van der Waals surface area contributed by atoms with E-state index in [2.05, 4.69) is 4.74 Å². The van der Waals surface area contributed by atoms with E-state index in [0.29, 0.717) is 0 Å². The Balaban J connectivity index is 2.38. The van der Waals surface area contributed by atoms with E-state index in [1.807, 2.05) is 0 Å². The lowest BCUT2D eigenvalue weighted by molar-refractivity contribution is -0.164. The second-order valence-electron chi connectivity index (χ2n) is 3.02. The largest absolute Gasteiger partial charge is 0.458 e. The quantitative estimate of drug-likeness (QED) is 0.570. The number of ether oxygens (including phenoxy) is 3. The summed E-state index contributed by atoms with van der Waals surface area (Å²) in [6.45, 7) is 1.26. The predicted molar refractivity (Wildman–Crippen MR) is 47.0 cm³/mol. The van der Waals surface area contributed by atoms with E-state index in [1.54, 1.807) is 6.92 Å². The van der Waals surface area contributed by atoms with Gasteiger partial charge in [-0.15, -0.1) is 0 Å². The number of carbonyl (C=O) groups is 1. The summed E-state index contributed by atoms with van der Waals surface area (Å²) in [7, 11) is 0. The third kappa shape index (κ3) is 3.17. The average Bonchev–Trinajstić information content (AvgIpc) is 2.60. The first-order valence-corrected chi connectivity index (χ1v) is 5.37. The first-order chi connectivity index (χ1) is 7.34. The highest BCUT2D eigenvalue weighted by Gasteiger charge is 2.48. The molecule has 1 aliphatic rings. The molecule has 0 aliphatic carbocycles. The molecule has 1 fully saturated rings. The summed E-state index contributed by atoms with van der Waals surface area (Å²) in [5.74, 6) is -2.06. The lowest BCUT2D eigenvalue weighted by Gasteiger charge is -2.13. The fourth-order valence-corrected chi connectivity index (χ4v) is 1.21. The summed E-state index contributed by atoms with van der Waals surface area (Å²) in [5, 5.41) is -4.43. The van der Waals surface area contributed by atoms with Crippen LogP contribution < -0.4 is 0 Å². The van der Waals surface area contributed by atoms with Crippen molar-refractivity contribution in [3.05, 3.63) is 0 Å². The first-order valence-electron chi connectivity index (χ1n) is 4.27. The maximum atomic E-state index is 12.6. The van der Waals surface area contributed by atoms with Gasteiger partial charge in [-0.2, -0.15) is 8.78 Å². The van der Waals surface area contributed by atoms with Gasteiger partial charge in [-0.25, -0.2) is 9.00 Å². The van der Waals surface area contributed by atoms with Gasteiger partial charge in [0.05, 0.1) is 6.61 Å². The Hall–Kier alpha value is -0.640. The fourth-order valence-electron chi connectivity index (χ4n) is 1.00. The van der Waals surface area contributed by atoms with Crippen LogP contribution >= 0.6 is 0 Å². The maximum Gasteiger partial charge on any atom is 0.439 e. The van der Waals surface area contributed by atoms with Gasteiger partial charge in [-0.1, -0.05) is 0 Å². The van der Waals surface area contributed by atoms with Crippen LogP contribution in [0, 0.1) is 0 Å². The van der Waals surface area contributed by atoms with Crippen LogP contribution in [0.1, 0.15) is 6.92 Å². The molecule has 1 heterocycles. The number of halogens is 2. The smallest absolute Gasteiger partial charge is 0.439 e. The molecule has 0 aromatic carbocycles. The van der Waals surface area contributed by atoms with E-state index in [0.717, 1.165) is 0 Å². The molecule has 0 spiro atoms. The van der Waals surface area contributed by atoms with Crippen molar-refractivity contribution in [2.75, 3.05) is 13.2 Å². The molecule has 0 saturated carbocycles. The molecular weight excluding hydrogens is 250 g/mol. The minimum atomic E-state index is -4.43. The van der Waals surface area contributed by atoms with E-state index >= 15 is 0 Å². The van der Waals surface area contributed by atoms with Crippen molar-refractivity contribution in [1.82, 2.24) is 0 Å². The standard InChI is InChI=1S/C7H10F2O6S/c1-4-13-2-5(15-4)3-14-6(10)7(8,9)16(11)12/h4-5H,2-3H2,1H3,(H,11,12). The van der Waals surface area contributed by atoms with E-state index in [4.69, 9.17) is 14.0 Å². The highest BCUT2D eigenvalue weighted by atomic mass is 32.2. The second kappa shape index (κ2) is 5.13. The van der Waals surface area contributed by atoms with Crippen LogP contribution in [0.25, 0.3) is 0 Å². The van der Waals surface area contributed by atoms with Gasteiger partial charge in [0.25, 0.3) is 0 Å². The molecule has 0 amide bonds. The zero-order chi connectivity index (χ0) is 12.3. The maximum absolute atomic E-state index is 12.6. The summed E-state index contributed by atoms with van der Waals surface area (Å²) < 4.78 is 57.5. The fraction of sp³-hybridized carbons (Fsp3) is 0.857. The Labute approximate surface area is 92.1 Å². The number of rotatable bonds is 4. The minimum absolute atomic E-state index is 0.113. The number of carbonyl (C=O) groups excluding carboxylic acids is 1. The van der Waals surface area contributed by atoms with Crippen molar-refractivity contribution in [2.24, 2.45) is 0 Å². The van der Waals surface area contributed by atoms with Crippen molar-refractivity contribution < 1.29 is 36.5 Å². The Kier molecular flexibility index (Phi) is 4.30. The normalized spacial score (nSPS) is 27.8. The third-order valence-corrected chi connectivity index (χ3v) is 2.36. The molecule has 0 bridgehead atoms. The molecule has 0 aromatic rings. The molecule has 3 unspecified atom stereocenters. The van der Waals surface area contributed by atoms with Gasteiger partial charge < -0.3 is 18.8 Å². The molecule has 16 heavy (non-hydrogen) atoms. The summed E-state index contributed by atoms with van der Waals surface area (Å²) >= 11 is -3.60. The van der Waals surface area contributed by atoms with Gasteiger partial charge in [0.1, 0.15) is 12.7 Å². The van der Waals surface area contributed by atoms with Crippen LogP contribution in [-0.4, -0.2) is 45.6 Å². The molecule has 1 rings (SSSR count). The predicted octanol–water partition coefficient (Wildman–Crippen LogP) is 0.105. The monoisotopic (exact) mass is 260 g/mol. The van der Waals surface area contributed by atoms with Gasteiger partial charge in [0.2, 0.25) is 11.1 Å². The van der Waals surface area contributed by atoms with Crippen molar-refractivity contribution in [1.29, 1.82) is 0 Å². The summed E-state index contributed by atoms with van der Waals surface area (Å²) in [5.41, 5.74) is 0. The van der Waals surface area contributed by atoms with Gasteiger partial charge in [0.15, 0.2) is 6.29 Å². The Morgan fingerprint density at radius 2 is 2.31 bits per heavy atom. The van der Waals surface area contributed by atoms with E-state index in [9.17, 15) is 17.8 Å². The Bertz CT molecular complexity index is 297. The average molecular weight is 260 g/mol. The Morgan fingerprint density at radius 1 is 1.69 bits per heavy atom. The molecule has 1 saturated heterocycles. The zero-order valence-electron chi connectivity index (χ0n) is 8.22. The molecule has 0 aromatic heterocycles. The van der Waals surface area contributed by atoms with E-state index < -0.39 is 41.3 Å². The number of hydrogen-bond donors (Lipinski definition) is 1. The summed E-state index contributed by atoms with van der Waals surface area (Å²) in [4.78, 5) is 10.7. The van der Waals surface area contributed by atoms with Gasteiger partial charge in [-0.3, -0.25) is 0 Å². The minimum Gasteiger partial charge on any atom is -0.458 e. The van der Waals surface area contributed by atoms with Crippen LogP contribution in [-0.2, 0) is 30.1 Å². The molecule has 6 nitrogen and oxygen atoms in total.